The molecule has 238 valence electrons. The van der Waals surface area contributed by atoms with Gasteiger partial charge in [-0.1, -0.05) is 13.8 Å². The van der Waals surface area contributed by atoms with Crippen LogP contribution in [0.4, 0.5) is 14.5 Å². The lowest BCUT2D eigenvalue weighted by Gasteiger charge is -2.36. The molecule has 15 heteroatoms. The van der Waals surface area contributed by atoms with Crippen molar-refractivity contribution in [1.82, 2.24) is 34.2 Å². The second-order valence-corrected chi connectivity index (χ2v) is 12.6. The first-order chi connectivity index (χ1) is 21.6. The number of fused-ring (bicyclic) bond motifs is 1. The van der Waals surface area contributed by atoms with Crippen LogP contribution in [-0.4, -0.2) is 96.9 Å². The molecule has 0 aliphatic carbocycles. The number of thioether (sulfide) groups is 1. The number of likely N-dealkylation sites (tertiary alicyclic amines) is 1. The monoisotopic (exact) mass is 640 g/mol. The summed E-state index contributed by atoms with van der Waals surface area (Å²) in [5.41, 5.74) is 1.12. The van der Waals surface area contributed by atoms with E-state index in [0.29, 0.717) is 25.3 Å². The largest absolute Gasteiger partial charge is 0.434 e. The van der Waals surface area contributed by atoms with E-state index in [2.05, 4.69) is 20.5 Å². The van der Waals surface area contributed by atoms with Crippen molar-refractivity contribution >= 4 is 41.2 Å². The van der Waals surface area contributed by atoms with Gasteiger partial charge in [0.25, 0.3) is 5.91 Å². The summed E-state index contributed by atoms with van der Waals surface area (Å²) >= 11 is 1.53. The minimum atomic E-state index is -3.09. The molecular weight excluding hydrogens is 606 g/mol. The first-order valence-corrected chi connectivity index (χ1v) is 15.4. The fourth-order valence-electron chi connectivity index (χ4n) is 5.27. The van der Waals surface area contributed by atoms with E-state index < -0.39 is 12.5 Å². The number of hydrogen-bond donors (Lipinski definition) is 1. The first kappa shape index (κ1) is 32.0. The Hall–Kier alpha value is -4.37. The predicted molar refractivity (Wildman–Crippen MR) is 165 cm³/mol. The number of alkyl halides is 2. The minimum Gasteiger partial charge on any atom is -0.434 e. The molecule has 5 rings (SSSR count). The predicted octanol–water partition coefficient (Wildman–Crippen LogP) is 4.07. The molecule has 12 nitrogen and oxygen atoms in total. The number of anilines is 1. The topological polar surface area (TPSA) is 127 Å². The van der Waals surface area contributed by atoms with Crippen molar-refractivity contribution in [2.75, 3.05) is 32.0 Å². The fourth-order valence-corrected chi connectivity index (χ4v) is 6.15. The number of piperidine rings is 1. The first-order valence-electron chi connectivity index (χ1n) is 14.5. The Labute approximate surface area is 262 Å². The molecule has 1 N–H and O–H groups in total. The number of carbonyl (C=O) groups is 3. The number of benzene rings is 1. The number of rotatable bonds is 12. The highest BCUT2D eigenvalue weighted by Crippen LogP contribution is 2.39. The van der Waals surface area contributed by atoms with Crippen LogP contribution in [-0.2, 0) is 16.1 Å². The van der Waals surface area contributed by atoms with Gasteiger partial charge in [-0.05, 0) is 44.2 Å². The van der Waals surface area contributed by atoms with Gasteiger partial charge in [-0.15, -0.1) is 11.8 Å². The number of nitrogens with zero attached hydrogens (tertiary/aromatic N) is 7. The maximum Gasteiger partial charge on any atom is 0.387 e. The minimum absolute atomic E-state index is 0.121. The van der Waals surface area contributed by atoms with Crippen molar-refractivity contribution in [2.45, 2.75) is 56.0 Å². The standard InChI is InChI=1S/C30H34F2N8O4S/c1-19(2)45-21-5-6-25(44-30(31)32)22(15-21)27-24(35-29(43)23-16-34-40-10-4-9-33-28(23)40)17-39(36-27)18-26(42)38-11-7-20(8-12-38)37(3)13-14-41/h4-6,9-10,14-17,19-20,30H,7-8,11-13,18H2,1-3H3,(H,35,43). The van der Waals surface area contributed by atoms with Crippen LogP contribution >= 0.6 is 11.8 Å². The van der Waals surface area contributed by atoms with Crippen molar-refractivity contribution in [2.24, 2.45) is 0 Å². The fraction of sp³-hybridized carbons (Fsp3) is 0.400. The molecule has 0 radical (unpaired) electrons. The zero-order chi connectivity index (χ0) is 32.1. The molecule has 1 aromatic carbocycles. The Bertz CT molecular complexity index is 1670. The van der Waals surface area contributed by atoms with Crippen molar-refractivity contribution < 1.29 is 27.9 Å². The van der Waals surface area contributed by atoms with Gasteiger partial charge in [-0.3, -0.25) is 19.2 Å². The normalized spacial score (nSPS) is 14.1. The molecule has 0 bridgehead atoms. The van der Waals surface area contributed by atoms with Gasteiger partial charge in [0.15, 0.2) is 5.65 Å². The quantitative estimate of drug-likeness (QED) is 0.180. The Kier molecular flexibility index (Phi) is 10.1. The summed E-state index contributed by atoms with van der Waals surface area (Å²) in [6.45, 7) is 2.16. The van der Waals surface area contributed by atoms with Gasteiger partial charge in [-0.25, -0.2) is 9.50 Å². The summed E-state index contributed by atoms with van der Waals surface area (Å²) in [4.78, 5) is 46.4. The smallest absolute Gasteiger partial charge is 0.387 e. The maximum absolute atomic E-state index is 13.5. The number of likely N-dealkylation sites (N-methyl/N-ethyl adjacent to an activating group) is 1. The van der Waals surface area contributed by atoms with Gasteiger partial charge in [0.2, 0.25) is 5.91 Å². The molecule has 2 amide bonds. The van der Waals surface area contributed by atoms with Crippen LogP contribution in [0, 0.1) is 0 Å². The SMILES string of the molecule is CC(C)Sc1ccc(OC(F)F)c(-c2nn(CC(=O)N3CCC(N(C)CC=O)CC3)cc2NC(=O)c2cnn3cccnc23)c1. The van der Waals surface area contributed by atoms with E-state index in [1.54, 1.807) is 29.3 Å². The summed E-state index contributed by atoms with van der Waals surface area (Å²) in [7, 11) is 1.89. The molecule has 1 fully saturated rings. The molecule has 3 aromatic heterocycles. The number of carbonyl (C=O) groups excluding carboxylic acids is 3. The van der Waals surface area contributed by atoms with Gasteiger partial charge >= 0.3 is 6.61 Å². The van der Waals surface area contributed by atoms with Crippen molar-refractivity contribution in [1.29, 1.82) is 0 Å². The highest BCUT2D eigenvalue weighted by molar-refractivity contribution is 7.99. The van der Waals surface area contributed by atoms with Gasteiger partial charge in [0, 0.05) is 53.4 Å². The van der Waals surface area contributed by atoms with E-state index in [-0.39, 0.29) is 52.0 Å². The van der Waals surface area contributed by atoms with Gasteiger partial charge in [0.05, 0.1) is 18.4 Å². The molecule has 0 atom stereocenters. The Morgan fingerprint density at radius 1 is 1.24 bits per heavy atom. The maximum atomic E-state index is 13.5. The van der Waals surface area contributed by atoms with E-state index in [1.807, 2.05) is 25.8 Å². The van der Waals surface area contributed by atoms with E-state index in [9.17, 15) is 23.2 Å². The average molecular weight is 641 g/mol. The lowest BCUT2D eigenvalue weighted by Crippen LogP contribution is -2.46. The van der Waals surface area contributed by atoms with Crippen LogP contribution in [0.25, 0.3) is 16.9 Å². The zero-order valence-corrected chi connectivity index (χ0v) is 25.9. The lowest BCUT2D eigenvalue weighted by molar-refractivity contribution is -0.133. The number of ether oxygens (including phenoxy) is 1. The Morgan fingerprint density at radius 2 is 2.02 bits per heavy atom. The third-order valence-corrected chi connectivity index (χ3v) is 8.43. The molecule has 45 heavy (non-hydrogen) atoms. The van der Waals surface area contributed by atoms with Crippen LogP contribution in [0.1, 0.15) is 37.0 Å². The van der Waals surface area contributed by atoms with Gasteiger partial charge in [-0.2, -0.15) is 19.0 Å². The van der Waals surface area contributed by atoms with E-state index >= 15 is 0 Å². The van der Waals surface area contributed by atoms with Crippen LogP contribution in [0.15, 0.2) is 53.9 Å². The highest BCUT2D eigenvalue weighted by Gasteiger charge is 2.27. The van der Waals surface area contributed by atoms with Crippen LogP contribution < -0.4 is 10.1 Å². The Balaban J connectivity index is 1.46. The zero-order valence-electron chi connectivity index (χ0n) is 25.1. The third kappa shape index (κ3) is 7.65. The number of amides is 2. The van der Waals surface area contributed by atoms with Gasteiger partial charge < -0.3 is 19.7 Å². The molecule has 0 saturated carbocycles. The molecule has 1 aliphatic rings. The summed E-state index contributed by atoms with van der Waals surface area (Å²) in [6, 6.07) is 6.70. The average Bonchev–Trinajstić information content (AvgIpc) is 3.61. The lowest BCUT2D eigenvalue weighted by atomic mass is 10.0. The van der Waals surface area contributed by atoms with E-state index in [1.165, 1.54) is 45.6 Å². The van der Waals surface area contributed by atoms with E-state index in [0.717, 1.165) is 24.0 Å². The second kappa shape index (κ2) is 14.2. The van der Waals surface area contributed by atoms with Crippen molar-refractivity contribution in [3.63, 3.8) is 0 Å². The van der Waals surface area contributed by atoms with Gasteiger partial charge in [0.1, 0.15) is 29.8 Å². The number of aldehydes is 1. The molecule has 4 aromatic rings. The number of halogens is 2. The summed E-state index contributed by atoms with van der Waals surface area (Å²) in [6.07, 6.45) is 8.40. The summed E-state index contributed by atoms with van der Waals surface area (Å²) < 4.78 is 34.6. The number of hydrogen-bond acceptors (Lipinski definition) is 9. The summed E-state index contributed by atoms with van der Waals surface area (Å²) in [5, 5.41) is 11.8. The van der Waals surface area contributed by atoms with Crippen LogP contribution in [0.3, 0.4) is 0 Å². The molecule has 1 aliphatic heterocycles. The number of aromatic nitrogens is 5. The molecule has 0 spiro atoms. The van der Waals surface area contributed by atoms with E-state index in [4.69, 9.17) is 4.74 Å². The molecule has 4 heterocycles. The second-order valence-electron chi connectivity index (χ2n) is 10.9. The highest BCUT2D eigenvalue weighted by atomic mass is 32.2. The molecule has 1 saturated heterocycles. The van der Waals surface area contributed by atoms with Crippen LogP contribution in [0.5, 0.6) is 5.75 Å². The summed E-state index contributed by atoms with van der Waals surface area (Å²) in [5.74, 6) is -0.843. The van der Waals surface area contributed by atoms with Crippen molar-refractivity contribution in [3.05, 3.63) is 54.6 Å². The number of nitrogens with one attached hydrogen (secondary N) is 1. The molecule has 0 unspecified atom stereocenters. The van der Waals surface area contributed by atoms with Crippen LogP contribution in [0.2, 0.25) is 0 Å². The molecular formula is C30H34F2N8O4S. The van der Waals surface area contributed by atoms with Crippen molar-refractivity contribution in [3.8, 4) is 17.0 Å². The Morgan fingerprint density at radius 3 is 2.73 bits per heavy atom. The third-order valence-electron chi connectivity index (χ3n) is 7.43.